The van der Waals surface area contributed by atoms with Gasteiger partial charge in [-0.05, 0) is 36.8 Å². The smallest absolute Gasteiger partial charge is 0.347 e. The van der Waals surface area contributed by atoms with Gasteiger partial charge in [-0.3, -0.25) is 9.20 Å². The van der Waals surface area contributed by atoms with Gasteiger partial charge >= 0.3 is 5.97 Å². The minimum absolute atomic E-state index is 0.0409. The number of aromatic nitrogens is 1. The molecule has 1 aromatic carbocycles. The Morgan fingerprint density at radius 3 is 2.41 bits per heavy atom. The Morgan fingerprint density at radius 1 is 1.11 bits per heavy atom. The van der Waals surface area contributed by atoms with Gasteiger partial charge in [0.05, 0.1) is 12.1 Å². The maximum atomic E-state index is 13.6. The van der Waals surface area contributed by atoms with Crippen molar-refractivity contribution in [3.05, 3.63) is 80.9 Å². The second kappa shape index (κ2) is 7.14. The average Bonchev–Trinajstić information content (AvgIpc) is 2.58. The molecule has 3 rings (SSSR count). The second-order valence-electron chi connectivity index (χ2n) is 5.78. The molecule has 2 heterocycles. The molecule has 0 radical (unpaired) electrons. The van der Waals surface area contributed by atoms with Crippen LogP contribution in [0.4, 0.5) is 13.2 Å². The number of esters is 1. The first kappa shape index (κ1) is 18.5. The van der Waals surface area contributed by atoms with Gasteiger partial charge in [0.2, 0.25) is 11.3 Å². The van der Waals surface area contributed by atoms with Gasteiger partial charge in [0.15, 0.2) is 5.56 Å². The van der Waals surface area contributed by atoms with Crippen molar-refractivity contribution >= 4 is 11.5 Å². The molecule has 0 atom stereocenters. The van der Waals surface area contributed by atoms with Crippen molar-refractivity contribution in [2.24, 2.45) is 0 Å². The van der Waals surface area contributed by atoms with Crippen molar-refractivity contribution < 1.29 is 27.8 Å². The molecule has 0 spiro atoms. The lowest BCUT2D eigenvalue weighted by Crippen LogP contribution is -2.24. The summed E-state index contributed by atoms with van der Waals surface area (Å²) in [5.41, 5.74) is -1.34. The van der Waals surface area contributed by atoms with E-state index < -0.39 is 40.3 Å². The van der Waals surface area contributed by atoms with Crippen LogP contribution >= 0.6 is 0 Å². The van der Waals surface area contributed by atoms with Crippen LogP contribution < -0.4 is 5.43 Å². The number of benzene rings is 1. The summed E-state index contributed by atoms with van der Waals surface area (Å²) in [7, 11) is 0. The number of carbonyl (C=O) groups excluding carboxylic acids is 1. The Labute approximate surface area is 151 Å². The molecule has 0 unspecified atom stereocenters. The fraction of sp³-hybridized carbons (Fsp3) is 0.158. The number of carbonyl (C=O) groups is 1. The third kappa shape index (κ3) is 3.51. The zero-order chi connectivity index (χ0) is 19.7. The molecular weight excluding hydrogens is 363 g/mol. The summed E-state index contributed by atoms with van der Waals surface area (Å²) in [5, 5.41) is 10.3. The molecule has 8 heteroatoms. The van der Waals surface area contributed by atoms with Crippen molar-refractivity contribution in [2.75, 3.05) is 6.61 Å². The minimum atomic E-state index is -1.08. The highest BCUT2D eigenvalue weighted by molar-refractivity contribution is 5.93. The molecular formula is C19H14F3NO4. The number of rotatable bonds is 4. The lowest BCUT2D eigenvalue weighted by Gasteiger charge is -2.13. The molecule has 2 aromatic heterocycles. The van der Waals surface area contributed by atoms with E-state index >= 15 is 0 Å². The van der Waals surface area contributed by atoms with Crippen LogP contribution in [-0.2, 0) is 11.2 Å². The molecule has 5 nitrogen and oxygen atoms in total. The molecule has 0 fully saturated rings. The molecule has 140 valence electrons. The van der Waals surface area contributed by atoms with Gasteiger partial charge in [0.1, 0.15) is 17.5 Å². The van der Waals surface area contributed by atoms with Crippen LogP contribution in [0.2, 0.25) is 0 Å². The van der Waals surface area contributed by atoms with Crippen LogP contribution in [0, 0.1) is 17.5 Å². The number of hydrogen-bond donors (Lipinski definition) is 1. The first-order valence-electron chi connectivity index (χ1n) is 7.99. The SMILES string of the molecule is CCOC(=O)c1c(O)n2cc(F)ccc2c(Cc2cc(F)cc(F)c2)c1=O. The van der Waals surface area contributed by atoms with E-state index in [2.05, 4.69) is 0 Å². The van der Waals surface area contributed by atoms with Crippen molar-refractivity contribution in [3.63, 3.8) is 0 Å². The predicted molar refractivity (Wildman–Crippen MR) is 90.4 cm³/mol. The van der Waals surface area contributed by atoms with E-state index in [1.54, 1.807) is 0 Å². The zero-order valence-corrected chi connectivity index (χ0v) is 14.1. The summed E-state index contributed by atoms with van der Waals surface area (Å²) < 4.78 is 46.3. The quantitative estimate of drug-likeness (QED) is 0.709. The molecule has 1 N–H and O–H groups in total. The number of fused-ring (bicyclic) bond motifs is 1. The van der Waals surface area contributed by atoms with E-state index in [-0.39, 0.29) is 29.7 Å². The van der Waals surface area contributed by atoms with Crippen LogP contribution in [-0.4, -0.2) is 22.1 Å². The predicted octanol–water partition coefficient (Wildman–Crippen LogP) is 3.19. The summed E-state index contributed by atoms with van der Waals surface area (Å²) in [6, 6.07) is 5.06. The van der Waals surface area contributed by atoms with Crippen LogP contribution in [0.3, 0.4) is 0 Å². The summed E-state index contributed by atoms with van der Waals surface area (Å²) in [6.07, 6.45) is 0.651. The lowest BCUT2D eigenvalue weighted by molar-refractivity contribution is 0.0520. The standard InChI is InChI=1S/C19H14F3NO4/c1-2-27-19(26)16-17(24)14(7-10-5-12(21)8-13(22)6-10)15-4-3-11(20)9-23(15)18(16)25/h3-6,8-9,25H,2,7H2,1H3. The number of hydrogen-bond acceptors (Lipinski definition) is 4. The summed E-state index contributed by atoms with van der Waals surface area (Å²) >= 11 is 0. The summed E-state index contributed by atoms with van der Waals surface area (Å²) in [6.45, 7) is 1.47. The van der Waals surface area contributed by atoms with Crippen molar-refractivity contribution in [3.8, 4) is 5.88 Å². The van der Waals surface area contributed by atoms with E-state index in [1.807, 2.05) is 0 Å². The Balaban J connectivity index is 2.30. The van der Waals surface area contributed by atoms with E-state index in [0.29, 0.717) is 6.07 Å². The molecule has 0 saturated carbocycles. The maximum Gasteiger partial charge on any atom is 0.347 e. The fourth-order valence-corrected chi connectivity index (χ4v) is 2.86. The van der Waals surface area contributed by atoms with Crippen molar-refractivity contribution in [1.29, 1.82) is 0 Å². The van der Waals surface area contributed by atoms with Gasteiger partial charge in [-0.1, -0.05) is 0 Å². The van der Waals surface area contributed by atoms with Gasteiger partial charge in [-0.25, -0.2) is 18.0 Å². The first-order valence-corrected chi connectivity index (χ1v) is 7.99. The van der Waals surface area contributed by atoms with Gasteiger partial charge in [0, 0.05) is 24.2 Å². The Kier molecular flexibility index (Phi) is 4.89. The topological polar surface area (TPSA) is 68.0 Å². The Hall–Kier alpha value is -3.29. The molecule has 0 saturated heterocycles. The number of halogens is 3. The van der Waals surface area contributed by atoms with E-state index in [1.165, 1.54) is 13.0 Å². The molecule has 27 heavy (non-hydrogen) atoms. The highest BCUT2D eigenvalue weighted by Crippen LogP contribution is 2.23. The third-order valence-electron chi connectivity index (χ3n) is 3.96. The average molecular weight is 377 g/mol. The van der Waals surface area contributed by atoms with Crippen molar-refractivity contribution in [1.82, 2.24) is 4.40 Å². The summed E-state index contributed by atoms with van der Waals surface area (Å²) in [4.78, 5) is 24.9. The summed E-state index contributed by atoms with van der Waals surface area (Å²) in [5.74, 6) is -4.24. The van der Waals surface area contributed by atoms with Gasteiger partial charge < -0.3 is 9.84 Å². The highest BCUT2D eigenvalue weighted by Gasteiger charge is 2.24. The number of ether oxygens (including phenoxy) is 1. The Bertz CT molecular complexity index is 1090. The van der Waals surface area contributed by atoms with E-state index in [4.69, 9.17) is 4.74 Å². The maximum absolute atomic E-state index is 13.6. The van der Waals surface area contributed by atoms with Crippen LogP contribution in [0.1, 0.15) is 28.4 Å². The minimum Gasteiger partial charge on any atom is -0.493 e. The van der Waals surface area contributed by atoms with Crippen LogP contribution in [0.5, 0.6) is 5.88 Å². The third-order valence-corrected chi connectivity index (χ3v) is 3.96. The van der Waals surface area contributed by atoms with Crippen molar-refractivity contribution in [2.45, 2.75) is 13.3 Å². The highest BCUT2D eigenvalue weighted by atomic mass is 19.1. The largest absolute Gasteiger partial charge is 0.493 e. The normalized spacial score (nSPS) is 11.0. The van der Waals surface area contributed by atoms with E-state index in [0.717, 1.165) is 28.8 Å². The molecule has 3 aromatic rings. The van der Waals surface area contributed by atoms with Crippen LogP contribution in [0.25, 0.3) is 5.52 Å². The second-order valence-corrected chi connectivity index (χ2v) is 5.78. The Morgan fingerprint density at radius 2 is 1.78 bits per heavy atom. The molecule has 0 aliphatic rings. The number of nitrogens with zero attached hydrogens (tertiary/aromatic N) is 1. The van der Waals surface area contributed by atoms with Crippen LogP contribution in [0.15, 0.2) is 41.3 Å². The molecule has 0 amide bonds. The molecule has 0 aliphatic heterocycles. The number of aromatic hydroxyl groups is 1. The zero-order valence-electron chi connectivity index (χ0n) is 14.1. The number of pyridine rings is 2. The van der Waals surface area contributed by atoms with E-state index in [9.17, 15) is 27.9 Å². The van der Waals surface area contributed by atoms with Gasteiger partial charge in [-0.15, -0.1) is 0 Å². The van der Waals surface area contributed by atoms with Gasteiger partial charge in [0.25, 0.3) is 0 Å². The fourth-order valence-electron chi connectivity index (χ4n) is 2.86. The first-order chi connectivity index (χ1) is 12.8. The lowest BCUT2D eigenvalue weighted by atomic mass is 10.0. The molecule has 0 bridgehead atoms. The monoisotopic (exact) mass is 377 g/mol. The molecule has 0 aliphatic carbocycles. The van der Waals surface area contributed by atoms with Gasteiger partial charge in [-0.2, -0.15) is 0 Å².